The topological polar surface area (TPSA) is 49.8 Å². The van der Waals surface area contributed by atoms with Gasteiger partial charge in [0.1, 0.15) is 0 Å². The van der Waals surface area contributed by atoms with Gasteiger partial charge in [-0.15, -0.1) is 0 Å². The Hall–Kier alpha value is -1.04. The van der Waals surface area contributed by atoms with Crippen LogP contribution in [-0.2, 0) is 10.5 Å². The first kappa shape index (κ1) is 16.3. The summed E-state index contributed by atoms with van der Waals surface area (Å²) in [6, 6.07) is 7.76. The van der Waals surface area contributed by atoms with Crippen LogP contribution >= 0.6 is 11.8 Å². The van der Waals surface area contributed by atoms with Crippen molar-refractivity contribution in [3.05, 3.63) is 35.4 Å². The molecule has 0 spiro atoms. The molecular weight excluding hydrogens is 286 g/mol. The Morgan fingerprint density at radius 2 is 2.10 bits per heavy atom. The minimum absolute atomic E-state index is 0.000488. The number of aliphatic hydroxyl groups excluding tert-OH is 1. The number of hydrogen-bond donors (Lipinski definition) is 1. The first-order chi connectivity index (χ1) is 9.95. The summed E-state index contributed by atoms with van der Waals surface area (Å²) < 4.78 is 5.74. The van der Waals surface area contributed by atoms with Crippen molar-refractivity contribution in [3.63, 3.8) is 0 Å². The van der Waals surface area contributed by atoms with Crippen LogP contribution in [-0.4, -0.2) is 53.6 Å². The Kier molecular flexibility index (Phi) is 5.30. The van der Waals surface area contributed by atoms with Crippen LogP contribution in [0.2, 0.25) is 0 Å². The van der Waals surface area contributed by atoms with Crippen LogP contribution in [0.5, 0.6) is 0 Å². The average molecular weight is 309 g/mol. The van der Waals surface area contributed by atoms with E-state index in [9.17, 15) is 9.90 Å². The number of morpholine rings is 1. The van der Waals surface area contributed by atoms with Crippen LogP contribution in [0.1, 0.15) is 29.8 Å². The molecule has 5 heteroatoms. The molecule has 0 radical (unpaired) electrons. The lowest BCUT2D eigenvalue weighted by atomic mass is 10.0. The van der Waals surface area contributed by atoms with Gasteiger partial charge in [-0.2, -0.15) is 11.8 Å². The van der Waals surface area contributed by atoms with Crippen molar-refractivity contribution in [2.24, 2.45) is 0 Å². The van der Waals surface area contributed by atoms with Crippen LogP contribution in [0.3, 0.4) is 0 Å². The molecule has 1 amide bonds. The van der Waals surface area contributed by atoms with E-state index in [0.29, 0.717) is 18.7 Å². The summed E-state index contributed by atoms with van der Waals surface area (Å²) in [6.45, 7) is 4.79. The molecule has 1 unspecified atom stereocenters. The molecule has 0 bridgehead atoms. The van der Waals surface area contributed by atoms with Crippen LogP contribution in [0.25, 0.3) is 0 Å². The molecule has 116 valence electrons. The molecule has 1 heterocycles. The van der Waals surface area contributed by atoms with Crippen LogP contribution in [0, 0.1) is 0 Å². The monoisotopic (exact) mass is 309 g/mol. The predicted octanol–water partition coefficient (Wildman–Crippen LogP) is 2.16. The molecule has 0 aromatic heterocycles. The molecule has 2 rings (SSSR count). The highest BCUT2D eigenvalue weighted by atomic mass is 32.2. The SMILES string of the molecule is CSCc1ccc(C(=O)N2CC(CO)OC(C)(C)C2)cc1. The first-order valence-electron chi connectivity index (χ1n) is 7.11. The number of rotatable bonds is 4. The Morgan fingerprint density at radius 1 is 1.43 bits per heavy atom. The highest BCUT2D eigenvalue weighted by Gasteiger charge is 2.35. The van der Waals surface area contributed by atoms with Crippen molar-refractivity contribution in [2.75, 3.05) is 26.0 Å². The maximum absolute atomic E-state index is 12.6. The van der Waals surface area contributed by atoms with Gasteiger partial charge in [0.05, 0.1) is 18.3 Å². The molecule has 1 aromatic carbocycles. The summed E-state index contributed by atoms with van der Waals surface area (Å²) in [4.78, 5) is 14.4. The third-order valence-corrected chi connectivity index (χ3v) is 4.11. The number of hydrogen-bond acceptors (Lipinski definition) is 4. The van der Waals surface area contributed by atoms with Crippen LogP contribution < -0.4 is 0 Å². The van der Waals surface area contributed by atoms with Crippen molar-refractivity contribution in [1.82, 2.24) is 4.90 Å². The Labute approximate surface area is 130 Å². The van der Waals surface area contributed by atoms with Gasteiger partial charge in [0.2, 0.25) is 0 Å². The second-order valence-electron chi connectivity index (χ2n) is 6.00. The number of benzene rings is 1. The van der Waals surface area contributed by atoms with E-state index in [2.05, 4.69) is 6.26 Å². The number of thioether (sulfide) groups is 1. The van der Waals surface area contributed by atoms with Gasteiger partial charge in [-0.05, 0) is 37.8 Å². The summed E-state index contributed by atoms with van der Waals surface area (Å²) in [5.74, 6) is 0.951. The molecule has 1 aromatic rings. The number of carbonyl (C=O) groups is 1. The van der Waals surface area contributed by atoms with Crippen molar-refractivity contribution in [1.29, 1.82) is 0 Å². The molecule has 1 N–H and O–H groups in total. The Morgan fingerprint density at radius 3 is 2.67 bits per heavy atom. The third-order valence-electron chi connectivity index (χ3n) is 3.48. The summed E-state index contributed by atoms with van der Waals surface area (Å²) in [5.41, 5.74) is 1.48. The van der Waals surface area contributed by atoms with Gasteiger partial charge in [-0.3, -0.25) is 4.79 Å². The van der Waals surface area contributed by atoms with Crippen molar-refractivity contribution >= 4 is 17.7 Å². The Balaban J connectivity index is 2.11. The summed E-state index contributed by atoms with van der Waals surface area (Å²) in [5, 5.41) is 9.32. The predicted molar refractivity (Wildman–Crippen MR) is 85.6 cm³/mol. The fourth-order valence-electron chi connectivity index (χ4n) is 2.64. The first-order valence-corrected chi connectivity index (χ1v) is 8.50. The quantitative estimate of drug-likeness (QED) is 0.926. The average Bonchev–Trinajstić information content (AvgIpc) is 2.46. The number of carbonyl (C=O) groups excluding carboxylic acids is 1. The molecule has 1 saturated heterocycles. The van der Waals surface area contributed by atoms with E-state index in [1.807, 2.05) is 38.1 Å². The number of nitrogens with zero attached hydrogens (tertiary/aromatic N) is 1. The van der Waals surface area contributed by atoms with Gasteiger partial charge in [0.25, 0.3) is 5.91 Å². The summed E-state index contributed by atoms with van der Waals surface area (Å²) in [7, 11) is 0. The van der Waals surface area contributed by atoms with Crippen LogP contribution in [0.4, 0.5) is 0 Å². The zero-order valence-corrected chi connectivity index (χ0v) is 13.7. The van der Waals surface area contributed by atoms with E-state index in [4.69, 9.17) is 4.74 Å². The highest BCUT2D eigenvalue weighted by Crippen LogP contribution is 2.22. The lowest BCUT2D eigenvalue weighted by Crippen LogP contribution is -2.55. The highest BCUT2D eigenvalue weighted by molar-refractivity contribution is 7.97. The van der Waals surface area contributed by atoms with Gasteiger partial charge in [-0.25, -0.2) is 0 Å². The smallest absolute Gasteiger partial charge is 0.254 e. The van der Waals surface area contributed by atoms with E-state index >= 15 is 0 Å². The lowest BCUT2D eigenvalue weighted by molar-refractivity contribution is -0.139. The zero-order valence-electron chi connectivity index (χ0n) is 12.8. The second-order valence-corrected chi connectivity index (χ2v) is 6.86. The van der Waals surface area contributed by atoms with E-state index < -0.39 is 5.60 Å². The molecule has 0 aliphatic carbocycles. The summed E-state index contributed by atoms with van der Waals surface area (Å²) in [6.07, 6.45) is 1.75. The standard InChI is InChI=1S/C16H23NO3S/c1-16(2)11-17(8-14(9-18)20-16)15(19)13-6-4-12(5-7-13)10-21-3/h4-7,14,18H,8-11H2,1-3H3. The van der Waals surface area contributed by atoms with E-state index in [-0.39, 0.29) is 18.6 Å². The third kappa shape index (κ3) is 4.22. The van der Waals surface area contributed by atoms with Crippen molar-refractivity contribution < 1.29 is 14.6 Å². The summed E-state index contributed by atoms with van der Waals surface area (Å²) >= 11 is 1.76. The van der Waals surface area contributed by atoms with Gasteiger partial charge in [0.15, 0.2) is 0 Å². The number of aliphatic hydroxyl groups is 1. The van der Waals surface area contributed by atoms with Crippen molar-refractivity contribution in [2.45, 2.75) is 31.3 Å². The fraction of sp³-hybridized carbons (Fsp3) is 0.562. The van der Waals surface area contributed by atoms with E-state index in [0.717, 1.165) is 5.75 Å². The van der Waals surface area contributed by atoms with Gasteiger partial charge < -0.3 is 14.7 Å². The van der Waals surface area contributed by atoms with E-state index in [1.165, 1.54) is 5.56 Å². The lowest BCUT2D eigenvalue weighted by Gasteiger charge is -2.42. The molecule has 1 fully saturated rings. The zero-order chi connectivity index (χ0) is 15.5. The maximum atomic E-state index is 12.6. The van der Waals surface area contributed by atoms with Gasteiger partial charge >= 0.3 is 0 Å². The molecule has 4 nitrogen and oxygen atoms in total. The van der Waals surface area contributed by atoms with Gasteiger partial charge in [0, 0.05) is 24.4 Å². The molecule has 21 heavy (non-hydrogen) atoms. The van der Waals surface area contributed by atoms with Crippen LogP contribution in [0.15, 0.2) is 24.3 Å². The van der Waals surface area contributed by atoms with Crippen molar-refractivity contribution in [3.8, 4) is 0 Å². The van der Waals surface area contributed by atoms with E-state index in [1.54, 1.807) is 16.7 Å². The Bertz CT molecular complexity index is 487. The number of amides is 1. The molecule has 1 aliphatic rings. The fourth-order valence-corrected chi connectivity index (χ4v) is 3.16. The second kappa shape index (κ2) is 6.81. The maximum Gasteiger partial charge on any atom is 0.254 e. The largest absolute Gasteiger partial charge is 0.394 e. The molecule has 1 aliphatic heterocycles. The molecular formula is C16H23NO3S. The number of ether oxygens (including phenoxy) is 1. The minimum atomic E-state index is -0.430. The minimum Gasteiger partial charge on any atom is -0.394 e. The van der Waals surface area contributed by atoms with Gasteiger partial charge in [-0.1, -0.05) is 12.1 Å². The molecule has 1 atom stereocenters. The molecule has 0 saturated carbocycles. The normalized spacial score (nSPS) is 21.3.